The van der Waals surface area contributed by atoms with E-state index in [1.807, 2.05) is 0 Å². The van der Waals surface area contributed by atoms with Gasteiger partial charge in [0.05, 0.1) is 11.6 Å². The number of hydrogen-bond acceptors (Lipinski definition) is 4. The number of halogens is 1. The molecular formula is C11H13ClN2O4. The number of carbonyl (C=O) groups excluding carboxylic acids is 1. The Morgan fingerprint density at radius 3 is 2.67 bits per heavy atom. The van der Waals surface area contributed by atoms with E-state index in [-0.39, 0.29) is 5.76 Å². The van der Waals surface area contributed by atoms with E-state index in [0.29, 0.717) is 5.88 Å². The largest absolute Gasteiger partial charge is 0.433 e. The molecule has 7 heteroatoms. The molecular weight excluding hydrogens is 260 g/mol. The summed E-state index contributed by atoms with van der Waals surface area (Å²) in [5.74, 6) is -0.614. The molecule has 1 fully saturated rings. The van der Waals surface area contributed by atoms with Gasteiger partial charge in [-0.2, -0.15) is 0 Å². The van der Waals surface area contributed by atoms with Gasteiger partial charge < -0.3 is 9.73 Å². The molecule has 2 rings (SSSR count). The number of furan rings is 1. The summed E-state index contributed by atoms with van der Waals surface area (Å²) in [5, 5.41) is 13.3. The summed E-state index contributed by atoms with van der Waals surface area (Å²) in [5.41, 5.74) is -0.403. The number of carbonyl (C=O) groups is 1. The molecule has 0 unspecified atom stereocenters. The van der Waals surface area contributed by atoms with E-state index >= 15 is 0 Å². The van der Waals surface area contributed by atoms with Gasteiger partial charge in [0.25, 0.3) is 5.91 Å². The highest BCUT2D eigenvalue weighted by atomic mass is 35.5. The van der Waals surface area contributed by atoms with Crippen molar-refractivity contribution in [3.05, 3.63) is 28.0 Å². The number of nitrogens with zero attached hydrogens (tertiary/aromatic N) is 1. The number of rotatable bonds is 4. The number of alkyl halides is 1. The summed E-state index contributed by atoms with van der Waals surface area (Å²) in [6, 6.07) is 2.46. The molecule has 18 heavy (non-hydrogen) atoms. The van der Waals surface area contributed by atoms with Gasteiger partial charge in [-0.1, -0.05) is 12.8 Å². The lowest BCUT2D eigenvalue weighted by atomic mass is 10.0. The topological polar surface area (TPSA) is 85.4 Å². The van der Waals surface area contributed by atoms with Crippen LogP contribution in [0.2, 0.25) is 0 Å². The smallest absolute Gasteiger partial charge is 0.395 e. The summed E-state index contributed by atoms with van der Waals surface area (Å²) in [6.45, 7) is 0. The predicted octanol–water partition coefficient (Wildman–Crippen LogP) is 2.47. The van der Waals surface area contributed by atoms with Gasteiger partial charge in [-0.05, 0) is 18.9 Å². The number of hydrogen-bond donors (Lipinski definition) is 1. The van der Waals surface area contributed by atoms with E-state index in [2.05, 4.69) is 5.32 Å². The van der Waals surface area contributed by atoms with Crippen molar-refractivity contribution >= 4 is 23.4 Å². The summed E-state index contributed by atoms with van der Waals surface area (Å²) >= 11 is 5.90. The maximum absolute atomic E-state index is 11.9. The van der Waals surface area contributed by atoms with E-state index in [9.17, 15) is 14.9 Å². The van der Waals surface area contributed by atoms with Crippen molar-refractivity contribution in [2.45, 2.75) is 31.2 Å². The third-order valence-corrected chi connectivity index (χ3v) is 3.70. The fourth-order valence-electron chi connectivity index (χ4n) is 2.19. The summed E-state index contributed by atoms with van der Waals surface area (Å²) in [7, 11) is 0. The van der Waals surface area contributed by atoms with Gasteiger partial charge in [0.2, 0.25) is 0 Å². The second-order valence-corrected chi connectivity index (χ2v) is 4.74. The lowest BCUT2D eigenvalue weighted by molar-refractivity contribution is -0.402. The van der Waals surface area contributed by atoms with Crippen LogP contribution in [-0.2, 0) is 0 Å². The fraction of sp³-hybridized carbons (Fsp3) is 0.545. The second-order valence-electron chi connectivity index (χ2n) is 4.47. The first-order valence-electron chi connectivity index (χ1n) is 5.69. The van der Waals surface area contributed by atoms with Crippen molar-refractivity contribution in [1.29, 1.82) is 0 Å². The molecule has 1 aliphatic carbocycles. The van der Waals surface area contributed by atoms with E-state index in [1.165, 1.54) is 6.07 Å². The first kappa shape index (κ1) is 12.9. The van der Waals surface area contributed by atoms with Crippen LogP contribution in [0.3, 0.4) is 0 Å². The molecule has 0 aliphatic heterocycles. The molecule has 1 aromatic heterocycles. The van der Waals surface area contributed by atoms with Crippen LogP contribution in [0.1, 0.15) is 36.2 Å². The SMILES string of the molecule is O=C(NC1(CCl)CCCC1)c1ccc([N+](=O)[O-])o1. The maximum atomic E-state index is 11.9. The third-order valence-electron chi connectivity index (χ3n) is 3.19. The lowest BCUT2D eigenvalue weighted by Crippen LogP contribution is -2.47. The van der Waals surface area contributed by atoms with Crippen LogP contribution < -0.4 is 5.32 Å². The molecule has 1 aromatic rings. The first-order valence-corrected chi connectivity index (χ1v) is 6.22. The van der Waals surface area contributed by atoms with Gasteiger partial charge in [-0.3, -0.25) is 14.9 Å². The van der Waals surface area contributed by atoms with Crippen molar-refractivity contribution in [1.82, 2.24) is 5.32 Å². The zero-order valence-corrected chi connectivity index (χ0v) is 10.4. The monoisotopic (exact) mass is 272 g/mol. The van der Waals surface area contributed by atoms with Crippen LogP contribution in [0.4, 0.5) is 5.88 Å². The molecule has 1 saturated carbocycles. The second kappa shape index (κ2) is 4.97. The summed E-state index contributed by atoms with van der Waals surface area (Å²) in [4.78, 5) is 21.7. The Bertz CT molecular complexity index is 465. The fourth-order valence-corrected chi connectivity index (χ4v) is 2.53. The molecule has 0 aromatic carbocycles. The van der Waals surface area contributed by atoms with Gasteiger partial charge in [-0.15, -0.1) is 11.6 Å². The van der Waals surface area contributed by atoms with E-state index < -0.39 is 22.3 Å². The average molecular weight is 273 g/mol. The van der Waals surface area contributed by atoms with E-state index in [1.54, 1.807) is 0 Å². The summed E-state index contributed by atoms with van der Waals surface area (Å²) in [6.07, 6.45) is 3.69. The molecule has 1 amide bonds. The highest BCUT2D eigenvalue weighted by molar-refractivity contribution is 6.19. The Kier molecular flexibility index (Phi) is 3.56. The standard InChI is InChI=1S/C11H13ClN2O4/c12-7-11(5-1-2-6-11)13-10(15)8-3-4-9(18-8)14(16)17/h3-4H,1-2,5-7H2,(H,13,15). The molecule has 6 nitrogen and oxygen atoms in total. The van der Waals surface area contributed by atoms with Crippen LogP contribution >= 0.6 is 11.6 Å². The average Bonchev–Trinajstić information content (AvgIpc) is 2.98. The van der Waals surface area contributed by atoms with Crippen LogP contribution in [0, 0.1) is 10.1 Å². The molecule has 98 valence electrons. The molecule has 1 heterocycles. The highest BCUT2D eigenvalue weighted by Crippen LogP contribution is 2.31. The first-order chi connectivity index (χ1) is 8.56. The third kappa shape index (κ3) is 2.48. The van der Waals surface area contributed by atoms with Gasteiger partial charge in [0, 0.05) is 5.88 Å². The minimum Gasteiger partial charge on any atom is -0.395 e. The molecule has 0 saturated heterocycles. The molecule has 0 bridgehead atoms. The Hall–Kier alpha value is -1.56. The van der Waals surface area contributed by atoms with Gasteiger partial charge in [-0.25, -0.2) is 0 Å². The quantitative estimate of drug-likeness (QED) is 0.518. The van der Waals surface area contributed by atoms with Crippen molar-refractivity contribution < 1.29 is 14.1 Å². The Labute approximate surface area is 108 Å². The normalized spacial score (nSPS) is 17.6. The van der Waals surface area contributed by atoms with Crippen molar-refractivity contribution in [3.63, 3.8) is 0 Å². The van der Waals surface area contributed by atoms with Crippen molar-refractivity contribution in [3.8, 4) is 0 Å². The Morgan fingerprint density at radius 2 is 2.17 bits per heavy atom. The lowest BCUT2D eigenvalue weighted by Gasteiger charge is -2.27. The number of nitrogens with one attached hydrogen (secondary N) is 1. The Balaban J connectivity index is 2.09. The van der Waals surface area contributed by atoms with Crippen LogP contribution in [0.15, 0.2) is 16.5 Å². The van der Waals surface area contributed by atoms with Crippen LogP contribution in [-0.4, -0.2) is 22.2 Å². The highest BCUT2D eigenvalue weighted by Gasteiger charge is 2.35. The Morgan fingerprint density at radius 1 is 1.50 bits per heavy atom. The molecule has 0 radical (unpaired) electrons. The van der Waals surface area contributed by atoms with Crippen molar-refractivity contribution in [2.75, 3.05) is 5.88 Å². The molecule has 1 aliphatic rings. The molecule has 0 atom stereocenters. The zero-order valence-electron chi connectivity index (χ0n) is 9.65. The molecule has 1 N–H and O–H groups in total. The van der Waals surface area contributed by atoms with Crippen LogP contribution in [0.25, 0.3) is 0 Å². The van der Waals surface area contributed by atoms with Crippen LogP contribution in [0.5, 0.6) is 0 Å². The maximum Gasteiger partial charge on any atom is 0.433 e. The molecule has 0 spiro atoms. The minimum absolute atomic E-state index is 0.0573. The van der Waals surface area contributed by atoms with Gasteiger partial charge in [0.1, 0.15) is 4.92 Å². The minimum atomic E-state index is -0.677. The summed E-state index contributed by atoms with van der Waals surface area (Å²) < 4.78 is 4.85. The van der Waals surface area contributed by atoms with Gasteiger partial charge in [0.15, 0.2) is 5.76 Å². The number of nitro groups is 1. The zero-order chi connectivity index (χ0) is 13.2. The van der Waals surface area contributed by atoms with Gasteiger partial charge >= 0.3 is 5.88 Å². The predicted molar refractivity (Wildman–Crippen MR) is 64.7 cm³/mol. The van der Waals surface area contributed by atoms with E-state index in [4.69, 9.17) is 16.0 Å². The van der Waals surface area contributed by atoms with E-state index in [0.717, 1.165) is 31.7 Å². The van der Waals surface area contributed by atoms with Crippen molar-refractivity contribution in [2.24, 2.45) is 0 Å². The number of amides is 1.